The van der Waals surface area contributed by atoms with Gasteiger partial charge in [0.05, 0.1) is 25.2 Å². The molecule has 6 heteroatoms. The number of carbonyl (C=O) groups is 2. The number of unbranched alkanes of at least 4 members (excludes halogenated alkanes) is 26. The van der Waals surface area contributed by atoms with Gasteiger partial charge in [-0.25, -0.2) is 0 Å². The molecule has 0 saturated heterocycles. The lowest BCUT2D eigenvalue weighted by Gasteiger charge is -2.23. The Morgan fingerprint density at radius 2 is 0.984 bits per heavy atom. The summed E-state index contributed by atoms with van der Waals surface area (Å²) < 4.78 is 5.81. The second-order valence-electron chi connectivity index (χ2n) is 17.3. The Morgan fingerprint density at radius 1 is 0.525 bits per heavy atom. The molecule has 0 heterocycles. The largest absolute Gasteiger partial charge is 0.458 e. The molecular formula is C55H97NO5. The highest BCUT2D eigenvalue weighted by Gasteiger charge is 2.23. The van der Waals surface area contributed by atoms with Crippen LogP contribution in [-0.4, -0.2) is 46.9 Å². The van der Waals surface area contributed by atoms with Crippen molar-refractivity contribution in [1.29, 1.82) is 0 Å². The normalized spacial score (nSPS) is 13.9. The number of allylic oxidation sites excluding steroid dienone is 11. The van der Waals surface area contributed by atoms with Crippen LogP contribution in [0.4, 0.5) is 0 Å². The molecule has 0 aromatic carbocycles. The van der Waals surface area contributed by atoms with Gasteiger partial charge in [-0.1, -0.05) is 242 Å². The Kier molecular flexibility index (Phi) is 46.2. The van der Waals surface area contributed by atoms with Gasteiger partial charge in [-0.3, -0.25) is 9.59 Å². The molecule has 6 nitrogen and oxygen atoms in total. The van der Waals surface area contributed by atoms with Gasteiger partial charge in [0.15, 0.2) is 0 Å². The highest BCUT2D eigenvalue weighted by Crippen LogP contribution is 2.16. The fraction of sp³-hybridized carbons (Fsp3) is 0.745. The van der Waals surface area contributed by atoms with Gasteiger partial charge < -0.3 is 20.3 Å². The van der Waals surface area contributed by atoms with Crippen LogP contribution in [0.2, 0.25) is 0 Å². The van der Waals surface area contributed by atoms with E-state index in [4.69, 9.17) is 4.74 Å². The maximum absolute atomic E-state index is 13.2. The van der Waals surface area contributed by atoms with Crippen LogP contribution in [0.1, 0.15) is 239 Å². The van der Waals surface area contributed by atoms with Gasteiger partial charge >= 0.3 is 5.97 Å². The highest BCUT2D eigenvalue weighted by atomic mass is 16.5. The maximum atomic E-state index is 13.2. The van der Waals surface area contributed by atoms with Crippen LogP contribution in [0.15, 0.2) is 72.9 Å². The molecule has 1 amide bonds. The first-order valence-electron chi connectivity index (χ1n) is 25.7. The summed E-state index contributed by atoms with van der Waals surface area (Å²) in [5.74, 6) is -0.631. The number of aliphatic hydroxyl groups is 2. The lowest BCUT2D eigenvalue weighted by molar-refractivity contribution is -0.148. The summed E-state index contributed by atoms with van der Waals surface area (Å²) in [5.41, 5.74) is 0. The van der Waals surface area contributed by atoms with Crippen molar-refractivity contribution in [2.75, 3.05) is 6.61 Å². The lowest BCUT2D eigenvalue weighted by atomic mass is 10.0. The molecule has 0 fully saturated rings. The third-order valence-electron chi connectivity index (χ3n) is 11.4. The van der Waals surface area contributed by atoms with Crippen LogP contribution in [0.3, 0.4) is 0 Å². The van der Waals surface area contributed by atoms with E-state index in [0.29, 0.717) is 19.3 Å². The molecule has 0 aliphatic heterocycles. The first-order valence-corrected chi connectivity index (χ1v) is 25.7. The second-order valence-corrected chi connectivity index (χ2v) is 17.3. The van der Waals surface area contributed by atoms with Crippen molar-refractivity contribution in [3.63, 3.8) is 0 Å². The molecule has 0 aliphatic carbocycles. The number of ether oxygens (including phenoxy) is 1. The Morgan fingerprint density at radius 3 is 1.51 bits per heavy atom. The number of rotatable bonds is 45. The Hall–Kier alpha value is -2.70. The first kappa shape index (κ1) is 58.3. The van der Waals surface area contributed by atoms with Crippen LogP contribution in [0.5, 0.6) is 0 Å². The van der Waals surface area contributed by atoms with Gasteiger partial charge in [-0.05, 0) is 57.4 Å². The summed E-state index contributed by atoms with van der Waals surface area (Å²) in [6.07, 6.45) is 61.3. The molecule has 3 N–H and O–H groups in total. The number of carbonyl (C=O) groups excluding carboxylic acids is 2. The quantitative estimate of drug-likeness (QED) is 0.0245. The summed E-state index contributed by atoms with van der Waals surface area (Å²) >= 11 is 0. The fourth-order valence-corrected chi connectivity index (χ4v) is 7.46. The van der Waals surface area contributed by atoms with Gasteiger partial charge in [0, 0.05) is 6.42 Å². The van der Waals surface area contributed by atoms with E-state index < -0.39 is 18.2 Å². The molecule has 0 spiro atoms. The van der Waals surface area contributed by atoms with E-state index in [9.17, 15) is 19.8 Å². The minimum absolute atomic E-state index is 0.0408. The topological polar surface area (TPSA) is 95.9 Å². The third kappa shape index (κ3) is 43.7. The number of amides is 1. The number of esters is 1. The molecule has 0 saturated carbocycles. The number of aliphatic hydroxyl groups excluding tert-OH is 2. The summed E-state index contributed by atoms with van der Waals surface area (Å²) in [4.78, 5) is 26.0. The van der Waals surface area contributed by atoms with Crippen LogP contribution >= 0.6 is 0 Å². The molecular weight excluding hydrogens is 755 g/mol. The highest BCUT2D eigenvalue weighted by molar-refractivity contribution is 5.78. The predicted octanol–water partition coefficient (Wildman–Crippen LogP) is 15.4. The fourth-order valence-electron chi connectivity index (χ4n) is 7.46. The number of nitrogens with one attached hydrogen (secondary N) is 1. The van der Waals surface area contributed by atoms with E-state index in [1.165, 1.54) is 122 Å². The Labute approximate surface area is 377 Å². The van der Waals surface area contributed by atoms with Crippen molar-refractivity contribution in [1.82, 2.24) is 5.32 Å². The van der Waals surface area contributed by atoms with E-state index in [1.54, 1.807) is 0 Å². The van der Waals surface area contributed by atoms with Gasteiger partial charge in [0.1, 0.15) is 6.10 Å². The van der Waals surface area contributed by atoms with Crippen LogP contribution in [-0.2, 0) is 14.3 Å². The average molecular weight is 852 g/mol. The van der Waals surface area contributed by atoms with Gasteiger partial charge in [0.25, 0.3) is 0 Å². The molecule has 3 atom stereocenters. The first-order chi connectivity index (χ1) is 30.0. The minimum Gasteiger partial charge on any atom is -0.458 e. The third-order valence-corrected chi connectivity index (χ3v) is 11.4. The number of hydrogen-bond acceptors (Lipinski definition) is 5. The smallest absolute Gasteiger partial charge is 0.306 e. The van der Waals surface area contributed by atoms with Gasteiger partial charge in [-0.15, -0.1) is 0 Å². The zero-order valence-electron chi connectivity index (χ0n) is 40.0. The van der Waals surface area contributed by atoms with Gasteiger partial charge in [-0.2, -0.15) is 0 Å². The summed E-state index contributed by atoms with van der Waals surface area (Å²) in [7, 11) is 0. The van der Waals surface area contributed by atoms with Crippen molar-refractivity contribution >= 4 is 11.9 Å². The minimum atomic E-state index is -0.817. The average Bonchev–Trinajstić information content (AvgIpc) is 3.25. The molecule has 0 aliphatic rings. The molecule has 0 radical (unpaired) electrons. The van der Waals surface area contributed by atoms with E-state index in [-0.39, 0.29) is 24.9 Å². The Balaban J connectivity index is 4.61. The summed E-state index contributed by atoms with van der Waals surface area (Å²) in [5, 5.41) is 23.7. The molecule has 0 rings (SSSR count). The summed E-state index contributed by atoms with van der Waals surface area (Å²) in [6.45, 7) is 6.30. The van der Waals surface area contributed by atoms with Crippen molar-refractivity contribution < 1.29 is 24.5 Å². The van der Waals surface area contributed by atoms with E-state index in [2.05, 4.69) is 68.6 Å². The van der Waals surface area contributed by atoms with Crippen molar-refractivity contribution in [2.45, 2.75) is 257 Å². The van der Waals surface area contributed by atoms with Crippen LogP contribution in [0, 0.1) is 0 Å². The Bertz CT molecular complexity index is 1140. The molecule has 352 valence electrons. The zero-order valence-corrected chi connectivity index (χ0v) is 40.0. The lowest BCUT2D eigenvalue weighted by Crippen LogP contribution is -2.46. The monoisotopic (exact) mass is 852 g/mol. The van der Waals surface area contributed by atoms with Crippen LogP contribution < -0.4 is 5.32 Å². The van der Waals surface area contributed by atoms with Gasteiger partial charge in [0.2, 0.25) is 5.91 Å². The molecule has 0 aromatic rings. The van der Waals surface area contributed by atoms with Crippen LogP contribution in [0.25, 0.3) is 0 Å². The predicted molar refractivity (Wildman–Crippen MR) is 264 cm³/mol. The molecule has 0 bridgehead atoms. The maximum Gasteiger partial charge on any atom is 0.306 e. The molecule has 61 heavy (non-hydrogen) atoms. The molecule has 0 aromatic heterocycles. The van der Waals surface area contributed by atoms with Crippen molar-refractivity contribution in [3.05, 3.63) is 72.9 Å². The van der Waals surface area contributed by atoms with E-state index >= 15 is 0 Å². The zero-order chi connectivity index (χ0) is 44.5. The second kappa shape index (κ2) is 48.3. The van der Waals surface area contributed by atoms with E-state index in [0.717, 1.165) is 70.6 Å². The standard InChI is InChI=1S/C55H97NO5/c1-4-7-10-13-16-19-22-24-26-28-29-32-35-38-41-44-47-53(58)52(50-57)56-54(59)49-51(46-43-40-37-34-31-21-18-15-12-9-6-3)61-55(60)48-45-42-39-36-33-30-27-25-23-20-17-14-11-8-5-2/h8,11,14,17,20,23,25,27,34,37,43,46,51-53,57-58H,4-7,9-10,12-13,15-16,18-19,21-22,24,26,28-33,35-36,38-42,44-45,47-50H2,1-3H3,(H,56,59)/b11-8+,17-14+,23-20+,27-25-,37-34-,46-43+. The van der Waals surface area contributed by atoms with Crippen molar-refractivity contribution in [2.24, 2.45) is 0 Å². The summed E-state index contributed by atoms with van der Waals surface area (Å²) in [6, 6.07) is -0.740. The number of hydrogen-bond donors (Lipinski definition) is 3. The molecule has 3 unspecified atom stereocenters. The van der Waals surface area contributed by atoms with Crippen molar-refractivity contribution in [3.8, 4) is 0 Å². The van der Waals surface area contributed by atoms with E-state index in [1.807, 2.05) is 30.4 Å². The SMILES string of the molecule is CC/C=C/C=C/C=C/C=C\CCCCCCCC(=O)OC(/C=C/C/C=C\CCCCCCCC)CC(=O)NC(CO)C(O)CCCCCCCCCCCCCCCCCC.